The van der Waals surface area contributed by atoms with E-state index in [9.17, 15) is 4.79 Å². The third kappa shape index (κ3) is 3.30. The molecule has 1 aliphatic rings. The quantitative estimate of drug-likeness (QED) is 0.936. The van der Waals surface area contributed by atoms with E-state index in [1.807, 2.05) is 31.2 Å². The Kier molecular flexibility index (Phi) is 4.14. The summed E-state index contributed by atoms with van der Waals surface area (Å²) < 4.78 is 0. The number of hydrogen-bond donors (Lipinski definition) is 1. The van der Waals surface area contributed by atoms with Crippen LogP contribution in [0.5, 0.6) is 0 Å². The summed E-state index contributed by atoms with van der Waals surface area (Å²) in [7, 11) is 0. The smallest absolute Gasteiger partial charge is 0.243 e. The molecule has 22 heavy (non-hydrogen) atoms. The Hall–Kier alpha value is -2.29. The van der Waals surface area contributed by atoms with Gasteiger partial charge in [-0.2, -0.15) is 0 Å². The number of nitrogens with one attached hydrogen (secondary N) is 1. The third-order valence-electron chi connectivity index (χ3n) is 4.12. The Morgan fingerprint density at radius 2 is 1.82 bits per heavy atom. The second-order valence-corrected chi connectivity index (χ2v) is 6.07. The topological polar surface area (TPSA) is 32.3 Å². The lowest BCUT2D eigenvalue weighted by molar-refractivity contribution is -0.115. The number of benzene rings is 2. The van der Waals surface area contributed by atoms with Gasteiger partial charge in [0.2, 0.25) is 5.91 Å². The van der Waals surface area contributed by atoms with Gasteiger partial charge in [-0.3, -0.25) is 4.79 Å². The van der Waals surface area contributed by atoms with E-state index in [1.54, 1.807) is 0 Å². The summed E-state index contributed by atoms with van der Waals surface area (Å²) in [5.74, 6) is 0.0391. The van der Waals surface area contributed by atoms with Gasteiger partial charge < -0.3 is 10.2 Å². The fraction of sp³-hybridized carbons (Fsp3) is 0.316. The summed E-state index contributed by atoms with van der Waals surface area (Å²) in [6.45, 7) is 5.50. The highest BCUT2D eigenvalue weighted by Crippen LogP contribution is 2.27. The van der Waals surface area contributed by atoms with Crippen LogP contribution in [0.1, 0.15) is 23.1 Å². The Morgan fingerprint density at radius 3 is 2.59 bits per heavy atom. The fourth-order valence-corrected chi connectivity index (χ4v) is 2.98. The Labute approximate surface area is 132 Å². The number of anilines is 2. The first-order valence-corrected chi connectivity index (χ1v) is 7.83. The van der Waals surface area contributed by atoms with Crippen molar-refractivity contribution in [1.82, 2.24) is 0 Å². The molecule has 0 saturated carbocycles. The normalized spacial score (nSPS) is 13.6. The molecule has 0 bridgehead atoms. The maximum atomic E-state index is 12.3. The molecule has 1 N–H and O–H groups in total. The second kappa shape index (κ2) is 6.22. The number of hydrogen-bond acceptors (Lipinski definition) is 2. The lowest BCUT2D eigenvalue weighted by atomic mass is 9.99. The van der Waals surface area contributed by atoms with Gasteiger partial charge in [-0.1, -0.05) is 35.4 Å². The van der Waals surface area contributed by atoms with Crippen molar-refractivity contribution in [1.29, 1.82) is 0 Å². The van der Waals surface area contributed by atoms with E-state index in [4.69, 9.17) is 0 Å². The first-order chi connectivity index (χ1) is 10.6. The first-order valence-electron chi connectivity index (χ1n) is 7.83. The number of carbonyl (C=O) groups excluding carboxylic acids is 1. The molecule has 0 aliphatic carbocycles. The molecule has 1 heterocycles. The highest BCUT2D eigenvalue weighted by atomic mass is 16.2. The first kappa shape index (κ1) is 14.6. The molecule has 2 aromatic rings. The number of nitrogens with zero attached hydrogens (tertiary/aromatic N) is 1. The molecular weight excluding hydrogens is 272 g/mol. The molecule has 2 aromatic carbocycles. The van der Waals surface area contributed by atoms with Crippen LogP contribution < -0.4 is 10.2 Å². The van der Waals surface area contributed by atoms with Crippen LogP contribution in [-0.2, 0) is 11.2 Å². The van der Waals surface area contributed by atoms with Crippen LogP contribution in [0.4, 0.5) is 11.4 Å². The minimum atomic E-state index is 0.0391. The van der Waals surface area contributed by atoms with E-state index in [2.05, 4.69) is 35.3 Å². The Bertz CT molecular complexity index is 676. The lowest BCUT2D eigenvalue weighted by Crippen LogP contribution is -2.36. The minimum Gasteiger partial charge on any atom is -0.362 e. The van der Waals surface area contributed by atoms with Crippen molar-refractivity contribution < 1.29 is 4.79 Å². The highest BCUT2D eigenvalue weighted by molar-refractivity contribution is 5.94. The van der Waals surface area contributed by atoms with E-state index in [0.717, 1.165) is 25.1 Å². The van der Waals surface area contributed by atoms with Gasteiger partial charge in [0, 0.05) is 17.9 Å². The summed E-state index contributed by atoms with van der Waals surface area (Å²) in [5.41, 5.74) is 5.89. The van der Waals surface area contributed by atoms with Crippen LogP contribution in [-0.4, -0.2) is 19.0 Å². The van der Waals surface area contributed by atoms with Crippen molar-refractivity contribution in [2.24, 2.45) is 0 Å². The molecule has 3 heteroatoms. The van der Waals surface area contributed by atoms with Gasteiger partial charge in [0.25, 0.3) is 0 Å². The van der Waals surface area contributed by atoms with Crippen LogP contribution in [0.25, 0.3) is 0 Å². The van der Waals surface area contributed by atoms with Gasteiger partial charge in [0.05, 0.1) is 6.54 Å². The van der Waals surface area contributed by atoms with Gasteiger partial charge in [-0.25, -0.2) is 0 Å². The second-order valence-electron chi connectivity index (χ2n) is 6.07. The Morgan fingerprint density at radius 1 is 1.09 bits per heavy atom. The van der Waals surface area contributed by atoms with Crippen molar-refractivity contribution in [3.05, 3.63) is 59.2 Å². The standard InChI is InChI=1S/C19H22N2O/c1-14-5-8-17(9-6-14)20-19(22)13-21-11-3-4-16-12-15(2)7-10-18(16)21/h5-10,12H,3-4,11,13H2,1-2H3,(H,20,22). The highest BCUT2D eigenvalue weighted by Gasteiger charge is 2.19. The summed E-state index contributed by atoms with van der Waals surface area (Å²) in [6.07, 6.45) is 2.21. The SMILES string of the molecule is Cc1ccc(NC(=O)CN2CCCc3cc(C)ccc32)cc1. The molecule has 0 saturated heterocycles. The molecule has 0 fully saturated rings. The molecule has 0 radical (unpaired) electrons. The average Bonchev–Trinajstić information content (AvgIpc) is 2.49. The number of carbonyl (C=O) groups is 1. The summed E-state index contributed by atoms with van der Waals surface area (Å²) in [4.78, 5) is 14.5. The van der Waals surface area contributed by atoms with E-state index >= 15 is 0 Å². The molecule has 1 aliphatic heterocycles. The summed E-state index contributed by atoms with van der Waals surface area (Å²) in [6, 6.07) is 14.4. The third-order valence-corrected chi connectivity index (χ3v) is 4.12. The lowest BCUT2D eigenvalue weighted by Gasteiger charge is -2.31. The molecule has 3 rings (SSSR count). The Balaban J connectivity index is 1.69. The minimum absolute atomic E-state index is 0.0391. The van der Waals surface area contributed by atoms with Crippen molar-refractivity contribution in [2.45, 2.75) is 26.7 Å². The summed E-state index contributed by atoms with van der Waals surface area (Å²) in [5, 5.41) is 2.98. The molecule has 3 nitrogen and oxygen atoms in total. The average molecular weight is 294 g/mol. The van der Waals surface area contributed by atoms with E-state index < -0.39 is 0 Å². The van der Waals surface area contributed by atoms with E-state index in [-0.39, 0.29) is 5.91 Å². The molecular formula is C19H22N2O. The van der Waals surface area contributed by atoms with Gasteiger partial charge in [-0.05, 0) is 50.5 Å². The predicted octanol–water partition coefficient (Wildman–Crippen LogP) is 3.69. The number of fused-ring (bicyclic) bond motifs is 1. The van der Waals surface area contributed by atoms with Gasteiger partial charge in [-0.15, -0.1) is 0 Å². The molecule has 0 unspecified atom stereocenters. The van der Waals surface area contributed by atoms with Gasteiger partial charge in [0.15, 0.2) is 0 Å². The van der Waals surface area contributed by atoms with Gasteiger partial charge >= 0.3 is 0 Å². The zero-order valence-corrected chi connectivity index (χ0v) is 13.2. The number of rotatable bonds is 3. The summed E-state index contributed by atoms with van der Waals surface area (Å²) >= 11 is 0. The zero-order chi connectivity index (χ0) is 15.5. The number of aryl methyl sites for hydroxylation is 3. The molecule has 1 amide bonds. The van der Waals surface area contributed by atoms with Crippen molar-refractivity contribution in [3.63, 3.8) is 0 Å². The maximum Gasteiger partial charge on any atom is 0.243 e. The molecule has 0 atom stereocenters. The van der Waals surface area contributed by atoms with Crippen molar-refractivity contribution >= 4 is 17.3 Å². The van der Waals surface area contributed by atoms with Crippen LogP contribution in [0.2, 0.25) is 0 Å². The van der Waals surface area contributed by atoms with E-state index in [0.29, 0.717) is 6.54 Å². The van der Waals surface area contributed by atoms with Crippen molar-refractivity contribution in [3.8, 4) is 0 Å². The molecule has 114 valence electrons. The number of amides is 1. The fourth-order valence-electron chi connectivity index (χ4n) is 2.98. The predicted molar refractivity (Wildman–Crippen MR) is 91.5 cm³/mol. The van der Waals surface area contributed by atoms with Crippen LogP contribution in [0.3, 0.4) is 0 Å². The monoisotopic (exact) mass is 294 g/mol. The van der Waals surface area contributed by atoms with Crippen molar-refractivity contribution in [2.75, 3.05) is 23.3 Å². The van der Waals surface area contributed by atoms with Crippen LogP contribution >= 0.6 is 0 Å². The zero-order valence-electron chi connectivity index (χ0n) is 13.2. The van der Waals surface area contributed by atoms with Crippen LogP contribution in [0, 0.1) is 13.8 Å². The van der Waals surface area contributed by atoms with Crippen LogP contribution in [0.15, 0.2) is 42.5 Å². The maximum absolute atomic E-state index is 12.3. The molecule has 0 aromatic heterocycles. The molecule has 0 spiro atoms. The largest absolute Gasteiger partial charge is 0.362 e. The van der Waals surface area contributed by atoms with E-state index in [1.165, 1.54) is 22.4 Å². The van der Waals surface area contributed by atoms with Gasteiger partial charge in [0.1, 0.15) is 0 Å².